The molecule has 1 aliphatic carbocycles. The maximum Gasteiger partial charge on any atom is 0.227 e. The number of likely N-dealkylation sites (N-methyl/N-ethyl adjacent to an activating group) is 1. The van der Waals surface area contributed by atoms with Crippen molar-refractivity contribution in [1.82, 2.24) is 20.0 Å². The zero-order chi connectivity index (χ0) is 23.2. The average molecular weight is 450 g/mol. The molecule has 0 atom stereocenters. The predicted octanol–water partition coefficient (Wildman–Crippen LogP) is 5.73. The average Bonchev–Trinajstić information content (AvgIpc) is 3.21. The van der Waals surface area contributed by atoms with Gasteiger partial charge in [0.25, 0.3) is 0 Å². The van der Waals surface area contributed by atoms with Gasteiger partial charge in [0.2, 0.25) is 5.95 Å². The second kappa shape index (κ2) is 10.8. The maximum absolute atomic E-state index is 5.87. The third-order valence-corrected chi connectivity index (χ3v) is 6.26. The van der Waals surface area contributed by atoms with Gasteiger partial charge in [-0.05, 0) is 58.0 Å². The van der Waals surface area contributed by atoms with E-state index >= 15 is 0 Å². The van der Waals surface area contributed by atoms with E-state index in [2.05, 4.69) is 27.3 Å². The van der Waals surface area contributed by atoms with Gasteiger partial charge in [-0.3, -0.25) is 0 Å². The molecule has 0 radical (unpaired) electrons. The van der Waals surface area contributed by atoms with E-state index in [1.54, 1.807) is 0 Å². The first-order valence-electron chi connectivity index (χ1n) is 12.0. The van der Waals surface area contributed by atoms with Gasteiger partial charge in [0.1, 0.15) is 18.1 Å². The van der Waals surface area contributed by atoms with E-state index in [4.69, 9.17) is 14.2 Å². The quantitative estimate of drug-likeness (QED) is 0.447. The molecule has 2 heterocycles. The summed E-state index contributed by atoms with van der Waals surface area (Å²) < 4.78 is 11.5. The molecule has 0 amide bonds. The molecule has 3 aromatic rings. The summed E-state index contributed by atoms with van der Waals surface area (Å²) in [6, 6.07) is 7.91. The van der Waals surface area contributed by atoms with Gasteiger partial charge in [-0.25, -0.2) is 9.97 Å². The van der Waals surface area contributed by atoms with Crippen LogP contribution in [-0.4, -0.2) is 47.3 Å². The minimum atomic E-state index is 0.443. The van der Waals surface area contributed by atoms with E-state index in [9.17, 15) is 0 Å². The Labute approximate surface area is 196 Å². The summed E-state index contributed by atoms with van der Waals surface area (Å²) in [6.07, 6.45) is 8.90. The van der Waals surface area contributed by atoms with Gasteiger partial charge in [-0.1, -0.05) is 37.4 Å². The van der Waals surface area contributed by atoms with Crippen molar-refractivity contribution in [2.45, 2.75) is 58.3 Å². The Hall–Kier alpha value is -2.93. The Kier molecular flexibility index (Phi) is 7.60. The molecule has 176 valence electrons. The minimum Gasteiger partial charge on any atom is -0.492 e. The highest BCUT2D eigenvalue weighted by molar-refractivity contribution is 5.70. The Morgan fingerprint density at radius 1 is 1.18 bits per heavy atom. The molecule has 0 bridgehead atoms. The SMILES string of the molecule is CCc1cnc(Nc2cccc(OCCN(C)C)c2)nc1-c1c(C2CCCCC2)noc1C. The zero-order valence-corrected chi connectivity index (χ0v) is 20.2. The van der Waals surface area contributed by atoms with Crippen LogP contribution in [0.4, 0.5) is 11.6 Å². The number of benzene rings is 1. The molecule has 4 rings (SSSR count). The summed E-state index contributed by atoms with van der Waals surface area (Å²) in [5, 5.41) is 7.83. The van der Waals surface area contributed by atoms with Crippen LogP contribution in [0.5, 0.6) is 5.75 Å². The number of anilines is 2. The molecule has 1 N–H and O–H groups in total. The van der Waals surface area contributed by atoms with Crippen LogP contribution in [-0.2, 0) is 6.42 Å². The van der Waals surface area contributed by atoms with E-state index in [1.165, 1.54) is 19.3 Å². The van der Waals surface area contributed by atoms with Gasteiger partial charge in [0.15, 0.2) is 0 Å². The highest BCUT2D eigenvalue weighted by atomic mass is 16.5. The molecule has 7 heteroatoms. The van der Waals surface area contributed by atoms with Crippen LogP contribution in [0.15, 0.2) is 35.0 Å². The first-order valence-corrected chi connectivity index (χ1v) is 12.0. The Morgan fingerprint density at radius 3 is 2.76 bits per heavy atom. The summed E-state index contributed by atoms with van der Waals surface area (Å²) in [7, 11) is 4.07. The number of hydrogen-bond acceptors (Lipinski definition) is 7. The highest BCUT2D eigenvalue weighted by Crippen LogP contribution is 2.39. The number of nitrogens with one attached hydrogen (secondary N) is 1. The van der Waals surface area contributed by atoms with Crippen LogP contribution < -0.4 is 10.1 Å². The first-order chi connectivity index (χ1) is 16.0. The third-order valence-electron chi connectivity index (χ3n) is 6.26. The fourth-order valence-electron chi connectivity index (χ4n) is 4.41. The molecule has 0 saturated heterocycles. The number of aryl methyl sites for hydroxylation is 2. The second-order valence-electron chi connectivity index (χ2n) is 9.06. The summed E-state index contributed by atoms with van der Waals surface area (Å²) in [5.41, 5.74) is 5.02. The summed E-state index contributed by atoms with van der Waals surface area (Å²) in [6.45, 7) is 5.62. The predicted molar refractivity (Wildman–Crippen MR) is 131 cm³/mol. The number of ether oxygens (including phenoxy) is 1. The molecule has 0 unspecified atom stereocenters. The Morgan fingerprint density at radius 2 is 2.00 bits per heavy atom. The van der Waals surface area contributed by atoms with Crippen molar-refractivity contribution in [2.24, 2.45) is 0 Å². The van der Waals surface area contributed by atoms with Crippen molar-refractivity contribution < 1.29 is 9.26 Å². The highest BCUT2D eigenvalue weighted by Gasteiger charge is 2.27. The van der Waals surface area contributed by atoms with Crippen molar-refractivity contribution in [3.8, 4) is 17.0 Å². The van der Waals surface area contributed by atoms with Crippen molar-refractivity contribution in [1.29, 1.82) is 0 Å². The molecule has 1 aromatic carbocycles. The van der Waals surface area contributed by atoms with Crippen LogP contribution in [0.1, 0.15) is 62.0 Å². The third kappa shape index (κ3) is 5.71. The Bertz CT molecular complexity index is 1060. The fourth-order valence-corrected chi connectivity index (χ4v) is 4.41. The minimum absolute atomic E-state index is 0.443. The molecule has 2 aromatic heterocycles. The van der Waals surface area contributed by atoms with Crippen molar-refractivity contribution in [2.75, 3.05) is 32.6 Å². The largest absolute Gasteiger partial charge is 0.492 e. The number of hydrogen-bond donors (Lipinski definition) is 1. The normalized spacial score (nSPS) is 14.6. The molecular formula is C26H35N5O2. The van der Waals surface area contributed by atoms with Gasteiger partial charge in [-0.2, -0.15) is 0 Å². The molecule has 0 aliphatic heterocycles. The van der Waals surface area contributed by atoms with Crippen LogP contribution >= 0.6 is 0 Å². The van der Waals surface area contributed by atoms with Crippen molar-refractivity contribution in [3.63, 3.8) is 0 Å². The summed E-state index contributed by atoms with van der Waals surface area (Å²) in [5.74, 6) is 2.65. The van der Waals surface area contributed by atoms with E-state index < -0.39 is 0 Å². The lowest BCUT2D eigenvalue weighted by Gasteiger charge is -2.21. The number of aromatic nitrogens is 3. The molecule has 1 aliphatic rings. The molecule has 7 nitrogen and oxygen atoms in total. The molecule has 1 saturated carbocycles. The zero-order valence-electron chi connectivity index (χ0n) is 20.2. The summed E-state index contributed by atoms with van der Waals surface area (Å²) in [4.78, 5) is 11.6. The standard InChI is InChI=1S/C26H35N5O2/c1-5-19-17-27-26(28-21-12-9-13-22(16-21)32-15-14-31(3)4)29-24(19)23-18(2)33-30-25(23)20-10-7-6-8-11-20/h9,12-13,16-17,20H,5-8,10-11,14-15H2,1-4H3,(H,27,28,29). The van der Waals surface area contributed by atoms with E-state index in [1.807, 2.05) is 51.5 Å². The smallest absolute Gasteiger partial charge is 0.227 e. The van der Waals surface area contributed by atoms with Gasteiger partial charge in [0, 0.05) is 30.4 Å². The second-order valence-corrected chi connectivity index (χ2v) is 9.06. The van der Waals surface area contributed by atoms with Crippen LogP contribution in [0.2, 0.25) is 0 Å². The van der Waals surface area contributed by atoms with Crippen LogP contribution in [0.25, 0.3) is 11.3 Å². The topological polar surface area (TPSA) is 76.3 Å². The van der Waals surface area contributed by atoms with Gasteiger partial charge < -0.3 is 19.5 Å². The lowest BCUT2D eigenvalue weighted by Crippen LogP contribution is -2.19. The number of nitrogens with zero attached hydrogens (tertiary/aromatic N) is 4. The van der Waals surface area contributed by atoms with E-state index in [0.717, 1.165) is 65.5 Å². The van der Waals surface area contributed by atoms with E-state index in [-0.39, 0.29) is 0 Å². The maximum atomic E-state index is 5.87. The molecule has 33 heavy (non-hydrogen) atoms. The molecule has 0 spiro atoms. The Balaban J connectivity index is 1.59. The fraction of sp³-hybridized carbons (Fsp3) is 0.500. The summed E-state index contributed by atoms with van der Waals surface area (Å²) >= 11 is 0. The van der Waals surface area contributed by atoms with Gasteiger partial charge >= 0.3 is 0 Å². The van der Waals surface area contributed by atoms with Crippen molar-refractivity contribution >= 4 is 11.6 Å². The first kappa shape index (κ1) is 23.2. The monoisotopic (exact) mass is 449 g/mol. The molecular weight excluding hydrogens is 414 g/mol. The lowest BCUT2D eigenvalue weighted by molar-refractivity contribution is 0.261. The van der Waals surface area contributed by atoms with E-state index in [0.29, 0.717) is 18.5 Å². The van der Waals surface area contributed by atoms with Gasteiger partial charge in [0.05, 0.1) is 17.0 Å². The number of rotatable bonds is 9. The van der Waals surface area contributed by atoms with Crippen LogP contribution in [0.3, 0.4) is 0 Å². The molecule has 1 fully saturated rings. The van der Waals surface area contributed by atoms with Crippen molar-refractivity contribution in [3.05, 3.63) is 47.5 Å². The van der Waals surface area contributed by atoms with Crippen LogP contribution in [0, 0.1) is 6.92 Å². The van der Waals surface area contributed by atoms with Gasteiger partial charge in [-0.15, -0.1) is 0 Å². The lowest BCUT2D eigenvalue weighted by atomic mass is 9.84.